The molecule has 7 nitrogen and oxygen atoms in total. The van der Waals surface area contributed by atoms with Crippen LogP contribution in [0.3, 0.4) is 0 Å². The number of H-pyrrole nitrogens is 1. The Hall–Kier alpha value is -3.20. The lowest BCUT2D eigenvalue weighted by molar-refractivity contribution is 0.0730. The Labute approximate surface area is 201 Å². The molecule has 2 aromatic carbocycles. The Morgan fingerprint density at radius 2 is 2.06 bits per heavy atom. The van der Waals surface area contributed by atoms with Gasteiger partial charge in [-0.2, -0.15) is 0 Å². The molecule has 2 unspecified atom stereocenters. The highest BCUT2D eigenvalue weighted by Crippen LogP contribution is 2.43. The van der Waals surface area contributed by atoms with Gasteiger partial charge in [0.1, 0.15) is 17.5 Å². The van der Waals surface area contributed by atoms with E-state index in [1.165, 1.54) is 12.1 Å². The predicted molar refractivity (Wildman–Crippen MR) is 134 cm³/mol. The number of aromatic nitrogens is 3. The second kappa shape index (κ2) is 8.87. The van der Waals surface area contributed by atoms with Crippen molar-refractivity contribution in [1.82, 2.24) is 15.0 Å². The van der Waals surface area contributed by atoms with Crippen LogP contribution in [0.25, 0.3) is 33.5 Å². The molecule has 0 bridgehead atoms. The van der Waals surface area contributed by atoms with Gasteiger partial charge in [-0.1, -0.05) is 17.7 Å². The zero-order chi connectivity index (χ0) is 24.0. The first-order chi connectivity index (χ1) is 16.3. The van der Waals surface area contributed by atoms with Gasteiger partial charge in [-0.25, -0.2) is 14.4 Å². The number of hydrogen-bond acceptors (Lipinski definition) is 6. The van der Waals surface area contributed by atoms with Crippen molar-refractivity contribution < 1.29 is 9.13 Å². The molecular weight excluding hydrogens is 455 g/mol. The molecule has 1 aliphatic heterocycles. The van der Waals surface area contributed by atoms with E-state index < -0.39 is 0 Å². The summed E-state index contributed by atoms with van der Waals surface area (Å²) in [5.74, 6) is 0.574. The van der Waals surface area contributed by atoms with Crippen LogP contribution < -0.4 is 16.4 Å². The van der Waals surface area contributed by atoms with E-state index in [0.29, 0.717) is 40.9 Å². The number of hydrogen-bond donors (Lipinski definition) is 3. The highest BCUT2D eigenvalue weighted by atomic mass is 35.5. The van der Waals surface area contributed by atoms with E-state index in [9.17, 15) is 4.39 Å². The Morgan fingerprint density at radius 1 is 1.24 bits per heavy atom. The van der Waals surface area contributed by atoms with Crippen LogP contribution >= 0.6 is 11.6 Å². The molecule has 2 atom stereocenters. The maximum atomic E-state index is 14.4. The van der Waals surface area contributed by atoms with Gasteiger partial charge in [-0.15, -0.1) is 0 Å². The molecule has 4 aromatic rings. The van der Waals surface area contributed by atoms with Crippen LogP contribution in [0.2, 0.25) is 5.02 Å². The van der Waals surface area contributed by atoms with Gasteiger partial charge >= 0.3 is 0 Å². The molecule has 5 rings (SSSR count). The molecule has 1 aliphatic rings. The van der Waals surface area contributed by atoms with Crippen molar-refractivity contribution in [2.24, 2.45) is 5.73 Å². The minimum atomic E-state index is -0.312. The summed E-state index contributed by atoms with van der Waals surface area (Å²) in [5, 5.41) is 0.603. The summed E-state index contributed by atoms with van der Waals surface area (Å²) in [7, 11) is 1.66. The number of fused-ring (bicyclic) bond motifs is 1. The maximum absolute atomic E-state index is 14.4. The number of pyridine rings is 1. The van der Waals surface area contributed by atoms with Crippen molar-refractivity contribution in [3.63, 3.8) is 0 Å². The van der Waals surface area contributed by atoms with E-state index in [-0.39, 0.29) is 18.0 Å². The van der Waals surface area contributed by atoms with Crippen molar-refractivity contribution in [2.45, 2.75) is 25.5 Å². The van der Waals surface area contributed by atoms with Crippen LogP contribution in [0.4, 0.5) is 15.9 Å². The third-order valence-electron chi connectivity index (χ3n) is 6.34. The van der Waals surface area contributed by atoms with Gasteiger partial charge in [0.05, 0.1) is 28.4 Å². The van der Waals surface area contributed by atoms with Crippen molar-refractivity contribution in [3.05, 3.63) is 59.0 Å². The van der Waals surface area contributed by atoms with Crippen LogP contribution in [0.1, 0.15) is 12.0 Å². The average Bonchev–Trinajstić information content (AvgIpc) is 3.21. The summed E-state index contributed by atoms with van der Waals surface area (Å²) in [6.45, 7) is 3.11. The van der Waals surface area contributed by atoms with Gasteiger partial charge in [0.15, 0.2) is 0 Å². The Morgan fingerprint density at radius 3 is 2.82 bits per heavy atom. The zero-order valence-electron chi connectivity index (χ0n) is 19.0. The van der Waals surface area contributed by atoms with Crippen LogP contribution in [-0.4, -0.2) is 47.3 Å². The summed E-state index contributed by atoms with van der Waals surface area (Å²) in [5.41, 5.74) is 18.0. The number of aryl methyl sites for hydroxylation is 1. The first kappa shape index (κ1) is 22.6. The van der Waals surface area contributed by atoms with Gasteiger partial charge in [0.2, 0.25) is 0 Å². The fourth-order valence-corrected chi connectivity index (χ4v) is 4.84. The summed E-state index contributed by atoms with van der Waals surface area (Å²) in [6.07, 6.45) is 2.27. The van der Waals surface area contributed by atoms with Crippen molar-refractivity contribution in [3.8, 4) is 22.5 Å². The van der Waals surface area contributed by atoms with Crippen molar-refractivity contribution in [2.75, 3.05) is 30.8 Å². The number of imidazole rings is 1. The fraction of sp³-hybridized carbons (Fsp3) is 0.280. The number of nitrogen functional groups attached to an aromatic ring is 1. The number of ether oxygens (including phenoxy) is 1. The van der Waals surface area contributed by atoms with Gasteiger partial charge in [0, 0.05) is 43.0 Å². The molecule has 34 heavy (non-hydrogen) atoms. The van der Waals surface area contributed by atoms with Gasteiger partial charge in [-0.05, 0) is 54.8 Å². The fourth-order valence-electron chi connectivity index (χ4n) is 4.67. The summed E-state index contributed by atoms with van der Waals surface area (Å²) >= 11 is 6.18. The van der Waals surface area contributed by atoms with E-state index in [1.54, 1.807) is 19.4 Å². The minimum absolute atomic E-state index is 0.0721. The number of aromatic amines is 1. The molecule has 0 spiro atoms. The quantitative estimate of drug-likeness (QED) is 0.396. The smallest absolute Gasteiger partial charge is 0.144 e. The maximum Gasteiger partial charge on any atom is 0.144 e. The number of piperidine rings is 1. The summed E-state index contributed by atoms with van der Waals surface area (Å²) in [4.78, 5) is 14.8. The number of nitrogens with two attached hydrogens (primary N) is 2. The zero-order valence-corrected chi connectivity index (χ0v) is 19.7. The lowest BCUT2D eigenvalue weighted by Crippen LogP contribution is -2.51. The third kappa shape index (κ3) is 4.09. The standard InChI is InChI=1S/C25H26ClFN6O/c1-13-7-14(9-16(27)8-13)17-11-30-24(29)22(23(17)33-6-5-18(28)21(12-33)34-2)25-31-19-4-3-15(26)10-20(19)32-25/h3-4,7-11,18,21H,5-6,12,28H2,1-2H3,(H2,29,30)(H,31,32). The monoisotopic (exact) mass is 480 g/mol. The topological polar surface area (TPSA) is 106 Å². The molecule has 2 aromatic heterocycles. The molecule has 1 saturated heterocycles. The predicted octanol–water partition coefficient (Wildman–Crippen LogP) is 4.53. The van der Waals surface area contributed by atoms with Gasteiger partial charge < -0.3 is 26.1 Å². The molecule has 5 N–H and O–H groups in total. The Kier molecular flexibility index (Phi) is 5.89. The molecular formula is C25H26ClFN6O. The van der Waals surface area contributed by atoms with E-state index in [1.807, 2.05) is 25.1 Å². The normalized spacial score (nSPS) is 18.6. The molecule has 0 saturated carbocycles. The molecule has 0 radical (unpaired) electrons. The molecule has 176 valence electrons. The van der Waals surface area contributed by atoms with Gasteiger partial charge in [0.25, 0.3) is 0 Å². The lowest BCUT2D eigenvalue weighted by Gasteiger charge is -2.39. The van der Waals surface area contributed by atoms with Gasteiger partial charge in [-0.3, -0.25) is 0 Å². The SMILES string of the molecule is COC1CN(c2c(-c3cc(C)cc(F)c3)cnc(N)c2-c2nc3ccc(Cl)cc3[nH]2)CCC1N. The molecule has 9 heteroatoms. The minimum Gasteiger partial charge on any atom is -0.383 e. The highest BCUT2D eigenvalue weighted by Gasteiger charge is 2.31. The van der Waals surface area contributed by atoms with Crippen LogP contribution in [-0.2, 0) is 4.74 Å². The van der Waals surface area contributed by atoms with Crippen LogP contribution in [0, 0.1) is 12.7 Å². The Bertz CT molecular complexity index is 1350. The second-order valence-corrected chi connectivity index (χ2v) is 9.15. The summed E-state index contributed by atoms with van der Waals surface area (Å²) in [6, 6.07) is 10.3. The van der Waals surface area contributed by atoms with E-state index in [0.717, 1.165) is 34.3 Å². The third-order valence-corrected chi connectivity index (χ3v) is 6.58. The number of methoxy groups -OCH3 is 1. The lowest BCUT2D eigenvalue weighted by atomic mass is 9.96. The van der Waals surface area contributed by atoms with E-state index >= 15 is 0 Å². The second-order valence-electron chi connectivity index (χ2n) is 8.72. The Balaban J connectivity index is 1.76. The number of anilines is 2. The summed E-state index contributed by atoms with van der Waals surface area (Å²) < 4.78 is 20.1. The largest absolute Gasteiger partial charge is 0.383 e. The average molecular weight is 481 g/mol. The highest BCUT2D eigenvalue weighted by molar-refractivity contribution is 6.31. The molecule has 0 amide bonds. The van der Waals surface area contributed by atoms with Crippen LogP contribution in [0.5, 0.6) is 0 Å². The van der Waals surface area contributed by atoms with E-state index in [4.69, 9.17) is 32.8 Å². The first-order valence-electron chi connectivity index (χ1n) is 11.1. The molecule has 1 fully saturated rings. The first-order valence-corrected chi connectivity index (χ1v) is 11.5. The number of benzene rings is 2. The molecule has 3 heterocycles. The number of nitrogens with zero attached hydrogens (tertiary/aromatic N) is 3. The van der Waals surface area contributed by atoms with Crippen molar-refractivity contribution >= 4 is 34.1 Å². The van der Waals surface area contributed by atoms with Crippen LogP contribution in [0.15, 0.2) is 42.6 Å². The van der Waals surface area contributed by atoms with E-state index in [2.05, 4.69) is 14.9 Å². The molecule has 0 aliphatic carbocycles. The number of rotatable bonds is 4. The number of nitrogens with one attached hydrogen (secondary N) is 1. The van der Waals surface area contributed by atoms with Crippen molar-refractivity contribution in [1.29, 1.82) is 0 Å². The number of halogens is 2.